The Balaban J connectivity index is 2.32. The number of hydrogen-bond donors (Lipinski definition) is 0. The minimum Gasteiger partial charge on any atom is -0.466 e. The normalized spacial score (nSPS) is 28.2. The molecule has 180 valence electrons. The Bertz CT molecular complexity index is 807. The second kappa shape index (κ2) is 9.86. The highest BCUT2D eigenvalue weighted by molar-refractivity contribution is 6.83. The van der Waals surface area contributed by atoms with E-state index in [1.807, 2.05) is 6.92 Å². The molecule has 0 bridgehead atoms. The first-order valence-corrected chi connectivity index (χ1v) is 18.2. The summed E-state index contributed by atoms with van der Waals surface area (Å²) in [6.07, 6.45) is 2.31. The maximum absolute atomic E-state index is 13.1. The van der Waals surface area contributed by atoms with E-state index in [4.69, 9.17) is 13.9 Å². The zero-order valence-electron chi connectivity index (χ0n) is 21.6. The van der Waals surface area contributed by atoms with Crippen LogP contribution in [0.1, 0.15) is 41.0 Å². The highest BCUT2D eigenvalue weighted by Crippen LogP contribution is 2.47. The molecule has 7 heteroatoms. The van der Waals surface area contributed by atoms with Crippen LogP contribution in [0, 0.1) is 35.1 Å². The van der Waals surface area contributed by atoms with Crippen LogP contribution in [0.25, 0.3) is 0 Å². The quantitative estimate of drug-likeness (QED) is 0.227. The molecule has 0 spiro atoms. The summed E-state index contributed by atoms with van der Waals surface area (Å²) in [6, 6.07) is 0. The summed E-state index contributed by atoms with van der Waals surface area (Å²) in [5.41, 5.74) is 4.43. The Hall–Kier alpha value is -1.37. The fourth-order valence-electron chi connectivity index (χ4n) is 4.19. The van der Waals surface area contributed by atoms with Gasteiger partial charge in [-0.1, -0.05) is 58.0 Å². The first-order chi connectivity index (χ1) is 14.6. The van der Waals surface area contributed by atoms with E-state index in [0.717, 1.165) is 5.57 Å². The van der Waals surface area contributed by atoms with Gasteiger partial charge in [0.25, 0.3) is 0 Å². The molecule has 0 saturated carbocycles. The van der Waals surface area contributed by atoms with Gasteiger partial charge in [-0.05, 0) is 44.3 Å². The largest absolute Gasteiger partial charge is 0.466 e. The number of carbonyl (C=O) groups is 2. The molecule has 5 atom stereocenters. The standard InChI is InChI=1S/C25H42O5Si2/c1-11-28-23(26)21-18(12-14-29-32(9,10)25(3,4)5)17(2)16-19-20(13-15-31(6,7)8)30-24(27)22(19)21/h16,18-22H,11-12,14H2,1-10H3/t18-,19-,20-,21-,22-/m0/s1. The summed E-state index contributed by atoms with van der Waals surface area (Å²) in [4.78, 5) is 26.0. The lowest BCUT2D eigenvalue weighted by atomic mass is 9.66. The lowest BCUT2D eigenvalue weighted by Crippen LogP contribution is -2.44. The smallest absolute Gasteiger partial charge is 0.311 e. The monoisotopic (exact) mass is 478 g/mol. The number of fused-ring (bicyclic) bond motifs is 1. The van der Waals surface area contributed by atoms with Crippen molar-refractivity contribution in [3.05, 3.63) is 11.6 Å². The van der Waals surface area contributed by atoms with Crippen molar-refractivity contribution in [1.82, 2.24) is 0 Å². The van der Waals surface area contributed by atoms with Crippen LogP contribution >= 0.6 is 0 Å². The zero-order valence-corrected chi connectivity index (χ0v) is 23.6. The molecule has 32 heavy (non-hydrogen) atoms. The molecule has 0 radical (unpaired) electrons. The summed E-state index contributed by atoms with van der Waals surface area (Å²) in [7, 11) is -3.51. The third-order valence-corrected chi connectivity index (χ3v) is 12.4. The highest BCUT2D eigenvalue weighted by Gasteiger charge is 2.55. The van der Waals surface area contributed by atoms with Crippen LogP contribution in [0.4, 0.5) is 0 Å². The lowest BCUT2D eigenvalue weighted by Gasteiger charge is -2.38. The first-order valence-electron chi connectivity index (χ1n) is 11.8. The van der Waals surface area contributed by atoms with Crippen LogP contribution in [-0.2, 0) is 23.5 Å². The van der Waals surface area contributed by atoms with Crippen molar-refractivity contribution >= 4 is 28.3 Å². The van der Waals surface area contributed by atoms with Crippen LogP contribution in [-0.4, -0.2) is 47.6 Å². The van der Waals surface area contributed by atoms with Gasteiger partial charge in [-0.3, -0.25) is 9.59 Å². The molecule has 0 unspecified atom stereocenters. The van der Waals surface area contributed by atoms with Gasteiger partial charge in [0.1, 0.15) is 8.07 Å². The average molecular weight is 479 g/mol. The maximum Gasteiger partial charge on any atom is 0.311 e. The Morgan fingerprint density at radius 3 is 2.34 bits per heavy atom. The van der Waals surface area contributed by atoms with E-state index in [-0.39, 0.29) is 35.4 Å². The molecule has 2 rings (SSSR count). The molecule has 5 nitrogen and oxygen atoms in total. The zero-order chi connectivity index (χ0) is 24.5. The SMILES string of the molecule is CCOC(=O)[C@@H]1[C@H]2C(=O)O[C@@H](C#C[Si](C)(C)C)[C@@H]2C=C(C)[C@@H]1CCO[Si](C)(C)C(C)(C)C. The summed E-state index contributed by atoms with van der Waals surface area (Å²) in [5.74, 6) is 1.15. The highest BCUT2D eigenvalue weighted by atomic mass is 28.4. The van der Waals surface area contributed by atoms with Crippen molar-refractivity contribution in [3.8, 4) is 11.5 Å². The minimum absolute atomic E-state index is 0.101. The van der Waals surface area contributed by atoms with Crippen molar-refractivity contribution in [2.45, 2.75) is 84.9 Å². The fourth-order valence-corrected chi connectivity index (χ4v) is 5.83. The van der Waals surface area contributed by atoms with Crippen LogP contribution in [0.15, 0.2) is 11.6 Å². The van der Waals surface area contributed by atoms with Crippen LogP contribution in [0.3, 0.4) is 0 Å². The molecule has 0 aromatic heterocycles. The fraction of sp³-hybridized carbons (Fsp3) is 0.760. The molecule has 1 fully saturated rings. The first kappa shape index (κ1) is 26.9. The molecule has 0 amide bonds. The summed E-state index contributed by atoms with van der Waals surface area (Å²) in [6.45, 7) is 22.3. The lowest BCUT2D eigenvalue weighted by molar-refractivity contribution is -0.158. The summed E-state index contributed by atoms with van der Waals surface area (Å²) >= 11 is 0. The second-order valence-corrected chi connectivity index (χ2v) is 21.2. The number of hydrogen-bond acceptors (Lipinski definition) is 5. The van der Waals surface area contributed by atoms with E-state index >= 15 is 0 Å². The number of allylic oxidation sites excluding steroid dienone is 1. The predicted octanol–water partition coefficient (Wildman–Crippen LogP) is 5.19. The van der Waals surface area contributed by atoms with Crippen LogP contribution < -0.4 is 0 Å². The van der Waals surface area contributed by atoms with Crippen molar-refractivity contribution in [1.29, 1.82) is 0 Å². The number of ether oxygens (including phenoxy) is 2. The number of esters is 2. The number of carbonyl (C=O) groups excluding carboxylic acids is 2. The molecule has 1 aliphatic carbocycles. The molecule has 1 heterocycles. The van der Waals surface area contributed by atoms with Crippen molar-refractivity contribution in [2.75, 3.05) is 13.2 Å². The Kier molecular flexibility index (Phi) is 8.29. The van der Waals surface area contributed by atoms with Gasteiger partial charge in [-0.25, -0.2) is 0 Å². The second-order valence-electron chi connectivity index (χ2n) is 11.7. The van der Waals surface area contributed by atoms with Gasteiger partial charge in [0.2, 0.25) is 0 Å². The molecule has 0 aromatic carbocycles. The van der Waals surface area contributed by atoms with Gasteiger partial charge in [-0.15, -0.1) is 5.54 Å². The van der Waals surface area contributed by atoms with Gasteiger partial charge in [0.05, 0.1) is 18.4 Å². The van der Waals surface area contributed by atoms with E-state index in [1.165, 1.54) is 0 Å². The van der Waals surface area contributed by atoms with Gasteiger partial charge in [-0.2, -0.15) is 0 Å². The van der Waals surface area contributed by atoms with Crippen molar-refractivity contribution < 1.29 is 23.5 Å². The molecule has 1 saturated heterocycles. The van der Waals surface area contributed by atoms with E-state index in [9.17, 15) is 9.59 Å². The maximum atomic E-state index is 13.1. The van der Waals surface area contributed by atoms with Crippen LogP contribution in [0.2, 0.25) is 37.8 Å². The van der Waals surface area contributed by atoms with Gasteiger partial charge < -0.3 is 13.9 Å². The Labute approximate surface area is 196 Å². The van der Waals surface area contributed by atoms with E-state index in [2.05, 4.69) is 71.0 Å². The molecule has 0 N–H and O–H groups in total. The van der Waals surface area contributed by atoms with Crippen molar-refractivity contribution in [3.63, 3.8) is 0 Å². The predicted molar refractivity (Wildman–Crippen MR) is 133 cm³/mol. The molecular formula is C25H42O5Si2. The minimum atomic E-state index is -1.90. The van der Waals surface area contributed by atoms with Gasteiger partial charge in [0, 0.05) is 12.5 Å². The number of rotatable bonds is 6. The Morgan fingerprint density at radius 1 is 1.19 bits per heavy atom. The number of cyclic esters (lactones) is 1. The molecule has 2 aliphatic rings. The third-order valence-electron chi connectivity index (χ3n) is 6.99. The Morgan fingerprint density at radius 2 is 1.81 bits per heavy atom. The van der Waals surface area contributed by atoms with Crippen LogP contribution in [0.5, 0.6) is 0 Å². The van der Waals surface area contributed by atoms with Gasteiger partial charge in [0.15, 0.2) is 14.4 Å². The molecule has 0 aromatic rings. The van der Waals surface area contributed by atoms with Gasteiger partial charge >= 0.3 is 11.9 Å². The van der Waals surface area contributed by atoms with Crippen molar-refractivity contribution in [2.24, 2.45) is 23.7 Å². The van der Waals surface area contributed by atoms with E-state index in [1.54, 1.807) is 6.92 Å². The third kappa shape index (κ3) is 6.15. The summed E-state index contributed by atoms with van der Waals surface area (Å²) < 4.78 is 17.5. The molecule has 1 aliphatic heterocycles. The molecular weight excluding hydrogens is 436 g/mol. The summed E-state index contributed by atoms with van der Waals surface area (Å²) in [5, 5.41) is 0.119. The van der Waals surface area contributed by atoms with E-state index in [0.29, 0.717) is 13.0 Å². The average Bonchev–Trinajstić information content (AvgIpc) is 2.94. The van der Waals surface area contributed by atoms with E-state index < -0.39 is 34.3 Å². The topological polar surface area (TPSA) is 61.8 Å².